The predicted octanol–water partition coefficient (Wildman–Crippen LogP) is 6.84. The Labute approximate surface area is 285 Å². The highest BCUT2D eigenvalue weighted by Crippen LogP contribution is 2.41. The Morgan fingerprint density at radius 3 is 2.59 bits per heavy atom. The van der Waals surface area contributed by atoms with Crippen LogP contribution in [0.3, 0.4) is 0 Å². The first-order valence-corrected chi connectivity index (χ1v) is 17.3. The zero-order valence-corrected chi connectivity index (χ0v) is 28.9. The van der Waals surface area contributed by atoms with Gasteiger partial charge < -0.3 is 24.4 Å². The van der Waals surface area contributed by atoms with Crippen LogP contribution in [-0.2, 0) is 11.2 Å². The largest absolute Gasteiger partial charge is 0.508 e. The molecular formula is C37H44F2N6O4. The molecule has 0 radical (unpaired) electrons. The van der Waals surface area contributed by atoms with Crippen LogP contribution in [0.25, 0.3) is 32.9 Å². The highest BCUT2D eigenvalue weighted by atomic mass is 19.1. The third-order valence-corrected chi connectivity index (χ3v) is 10.4. The van der Waals surface area contributed by atoms with Crippen LogP contribution in [0.15, 0.2) is 30.5 Å². The SMILES string of the molecule is CCc1c(F)ccc2cc(O)cc(-c3ncc4c(N(C)C5CCN(C(=O)OC(C)(C)C)C5)nc(OCC56CCCN5CCC6)nc4c3F)c12. The molecule has 0 bridgehead atoms. The minimum Gasteiger partial charge on any atom is -0.508 e. The molecule has 0 spiro atoms. The second-order valence-electron chi connectivity index (χ2n) is 14.7. The van der Waals surface area contributed by atoms with E-state index in [4.69, 9.17) is 14.5 Å². The number of rotatable bonds is 7. The van der Waals surface area contributed by atoms with E-state index in [1.165, 1.54) is 24.4 Å². The summed E-state index contributed by atoms with van der Waals surface area (Å²) in [6.07, 6.45) is 6.44. The van der Waals surface area contributed by atoms with Crippen molar-refractivity contribution in [1.82, 2.24) is 24.8 Å². The van der Waals surface area contributed by atoms with Gasteiger partial charge in [-0.25, -0.2) is 13.6 Å². The minimum atomic E-state index is -0.721. The number of carbonyl (C=O) groups excluding carboxylic acids is 1. The number of benzene rings is 2. The number of likely N-dealkylation sites (tertiary alicyclic amines) is 1. The number of likely N-dealkylation sites (N-methyl/N-ethyl adjacent to an activating group) is 1. The van der Waals surface area contributed by atoms with Gasteiger partial charge in [0.1, 0.15) is 40.8 Å². The molecule has 12 heteroatoms. The fraction of sp³-hybridized carbons (Fsp3) is 0.514. The number of pyridine rings is 1. The van der Waals surface area contributed by atoms with Gasteiger partial charge in [-0.15, -0.1) is 0 Å². The number of aromatic hydroxyl groups is 1. The molecule has 3 fully saturated rings. The summed E-state index contributed by atoms with van der Waals surface area (Å²) in [7, 11) is 1.87. The maximum absolute atomic E-state index is 17.0. The van der Waals surface area contributed by atoms with E-state index in [0.29, 0.717) is 60.1 Å². The van der Waals surface area contributed by atoms with Gasteiger partial charge >= 0.3 is 12.1 Å². The molecule has 0 aliphatic carbocycles. The van der Waals surface area contributed by atoms with Crippen molar-refractivity contribution >= 4 is 33.6 Å². The van der Waals surface area contributed by atoms with Gasteiger partial charge in [0.15, 0.2) is 5.82 Å². The van der Waals surface area contributed by atoms with Crippen molar-refractivity contribution in [3.63, 3.8) is 0 Å². The molecule has 1 amide bonds. The minimum absolute atomic E-state index is 0.0111. The van der Waals surface area contributed by atoms with Crippen LogP contribution in [0, 0.1) is 11.6 Å². The topological polar surface area (TPSA) is 104 Å². The van der Waals surface area contributed by atoms with Crippen molar-refractivity contribution < 1.29 is 28.2 Å². The second-order valence-corrected chi connectivity index (χ2v) is 14.7. The smallest absolute Gasteiger partial charge is 0.410 e. The van der Waals surface area contributed by atoms with Crippen molar-refractivity contribution in [2.24, 2.45) is 0 Å². The number of ether oxygens (including phenoxy) is 2. The summed E-state index contributed by atoms with van der Waals surface area (Å²) in [5, 5.41) is 12.1. The van der Waals surface area contributed by atoms with E-state index in [0.717, 1.165) is 38.8 Å². The van der Waals surface area contributed by atoms with Crippen LogP contribution in [0.2, 0.25) is 0 Å². The summed E-state index contributed by atoms with van der Waals surface area (Å²) in [5.41, 5.74) is -0.0508. The third-order valence-electron chi connectivity index (χ3n) is 10.4. The van der Waals surface area contributed by atoms with Gasteiger partial charge in [0.2, 0.25) is 0 Å². The lowest BCUT2D eigenvalue weighted by Crippen LogP contribution is -2.43. The predicted molar refractivity (Wildman–Crippen MR) is 184 cm³/mol. The van der Waals surface area contributed by atoms with Gasteiger partial charge in [-0.3, -0.25) is 9.88 Å². The molecular weight excluding hydrogens is 630 g/mol. The highest BCUT2D eigenvalue weighted by Gasteiger charge is 2.45. The summed E-state index contributed by atoms with van der Waals surface area (Å²) < 4.78 is 43.9. The molecule has 1 N–H and O–H groups in total. The molecule has 49 heavy (non-hydrogen) atoms. The van der Waals surface area contributed by atoms with E-state index in [9.17, 15) is 9.90 Å². The van der Waals surface area contributed by atoms with Gasteiger partial charge in [0.05, 0.1) is 10.9 Å². The number of amides is 1. The Morgan fingerprint density at radius 2 is 1.88 bits per heavy atom. The molecule has 0 saturated carbocycles. The molecule has 10 nitrogen and oxygen atoms in total. The lowest BCUT2D eigenvalue weighted by molar-refractivity contribution is 0.0292. The van der Waals surface area contributed by atoms with Crippen LogP contribution in [-0.4, -0.2) is 93.0 Å². The van der Waals surface area contributed by atoms with Gasteiger partial charge in [-0.1, -0.05) is 13.0 Å². The number of aryl methyl sites for hydroxylation is 1. The first kappa shape index (κ1) is 33.2. The maximum Gasteiger partial charge on any atom is 0.410 e. The number of carbonyl (C=O) groups is 1. The summed E-state index contributed by atoms with van der Waals surface area (Å²) in [6.45, 7) is 10.7. The number of aromatic nitrogens is 3. The van der Waals surface area contributed by atoms with Gasteiger partial charge in [0.25, 0.3) is 0 Å². The Balaban J connectivity index is 1.32. The number of fused-ring (bicyclic) bond motifs is 3. The van der Waals surface area contributed by atoms with Gasteiger partial charge in [-0.05, 0) is 107 Å². The van der Waals surface area contributed by atoms with Crippen LogP contribution in [0.5, 0.6) is 11.8 Å². The fourth-order valence-electron chi connectivity index (χ4n) is 7.96. The van der Waals surface area contributed by atoms with Crippen LogP contribution >= 0.6 is 0 Å². The van der Waals surface area contributed by atoms with Crippen molar-refractivity contribution in [2.75, 3.05) is 44.7 Å². The number of anilines is 1. The molecule has 3 aliphatic rings. The van der Waals surface area contributed by atoms with E-state index < -0.39 is 17.2 Å². The number of hydrogen-bond donors (Lipinski definition) is 1. The van der Waals surface area contributed by atoms with Crippen molar-refractivity contribution in [2.45, 2.75) is 83.4 Å². The Morgan fingerprint density at radius 1 is 1.12 bits per heavy atom. The fourth-order valence-corrected chi connectivity index (χ4v) is 7.96. The first-order valence-electron chi connectivity index (χ1n) is 17.3. The molecule has 4 aromatic rings. The second kappa shape index (κ2) is 12.5. The van der Waals surface area contributed by atoms with Crippen molar-refractivity contribution in [3.8, 4) is 23.0 Å². The molecule has 3 saturated heterocycles. The van der Waals surface area contributed by atoms with Gasteiger partial charge in [0, 0.05) is 37.9 Å². The average molecular weight is 675 g/mol. The molecule has 2 aromatic carbocycles. The van der Waals surface area contributed by atoms with E-state index in [1.54, 1.807) is 11.0 Å². The summed E-state index contributed by atoms with van der Waals surface area (Å²) in [6, 6.07) is 5.81. The average Bonchev–Trinajstić information content (AvgIpc) is 3.79. The van der Waals surface area contributed by atoms with Crippen molar-refractivity contribution in [3.05, 3.63) is 47.7 Å². The number of hydrogen-bond acceptors (Lipinski definition) is 9. The maximum atomic E-state index is 17.0. The lowest BCUT2D eigenvalue weighted by atomic mass is 9.94. The quantitative estimate of drug-likeness (QED) is 0.226. The molecule has 1 atom stereocenters. The summed E-state index contributed by atoms with van der Waals surface area (Å²) >= 11 is 0. The molecule has 2 aromatic heterocycles. The lowest BCUT2D eigenvalue weighted by Gasteiger charge is -2.31. The van der Waals surface area contributed by atoms with Gasteiger partial charge in [-0.2, -0.15) is 9.97 Å². The monoisotopic (exact) mass is 674 g/mol. The number of phenols is 1. The molecule has 7 rings (SSSR count). The number of nitrogens with zero attached hydrogens (tertiary/aromatic N) is 6. The Bertz CT molecular complexity index is 1920. The Kier molecular flexibility index (Phi) is 8.49. The molecule has 3 aliphatic heterocycles. The van der Waals surface area contributed by atoms with E-state index in [2.05, 4.69) is 14.9 Å². The highest BCUT2D eigenvalue weighted by molar-refractivity contribution is 6.01. The Hall–Kier alpha value is -4.32. The molecule has 1 unspecified atom stereocenters. The summed E-state index contributed by atoms with van der Waals surface area (Å²) in [5.74, 6) is -0.783. The number of phenolic OH excluding ortho intramolecular Hbond substituents is 1. The normalized spacial score (nSPS) is 19.2. The molecule has 5 heterocycles. The molecule has 260 valence electrons. The van der Waals surface area contributed by atoms with E-state index in [1.807, 2.05) is 39.6 Å². The number of halogens is 2. The van der Waals surface area contributed by atoms with Crippen molar-refractivity contribution in [1.29, 1.82) is 0 Å². The van der Waals surface area contributed by atoms with E-state index in [-0.39, 0.29) is 46.2 Å². The standard InChI is InChI=1S/C37H44F2N6O4/c1-6-25-28(38)10-9-22-17-24(46)18-26(29(22)25)31-30(39)32-27(19-40-31)33(43(5)23-11-16-44(20-23)35(47)49-36(2,3)4)42-34(41-32)48-21-37-12-7-14-45(37)15-8-13-37/h9-10,17-19,23,46H,6-8,11-16,20-21H2,1-5H3. The first-order chi connectivity index (χ1) is 23.4. The zero-order chi connectivity index (χ0) is 34.7. The zero-order valence-electron chi connectivity index (χ0n) is 28.9. The van der Waals surface area contributed by atoms with E-state index >= 15 is 8.78 Å². The van der Waals surface area contributed by atoms with Crippen LogP contribution < -0.4 is 9.64 Å². The third kappa shape index (κ3) is 6.08. The van der Waals surface area contributed by atoms with Crippen LogP contribution in [0.4, 0.5) is 19.4 Å². The summed E-state index contributed by atoms with van der Waals surface area (Å²) in [4.78, 5) is 33.0. The van der Waals surface area contributed by atoms with Crippen LogP contribution in [0.1, 0.15) is 65.4 Å².